The molecule has 2 unspecified atom stereocenters. The first-order valence-corrected chi connectivity index (χ1v) is 8.37. The minimum atomic E-state index is 0.289. The van der Waals surface area contributed by atoms with E-state index in [9.17, 15) is 0 Å². The summed E-state index contributed by atoms with van der Waals surface area (Å²) in [6.45, 7) is 6.70. The van der Waals surface area contributed by atoms with Gasteiger partial charge in [0.25, 0.3) is 0 Å². The molecule has 0 amide bonds. The molecular weight excluding hydrogens is 312 g/mol. The number of nitrogens with two attached hydrogens (primary N) is 1. The molecule has 0 aliphatic heterocycles. The summed E-state index contributed by atoms with van der Waals surface area (Å²) in [6, 6.07) is 8.78. The van der Waals surface area contributed by atoms with Crippen LogP contribution in [0.1, 0.15) is 38.7 Å². The second-order valence-electron chi connectivity index (χ2n) is 6.95. The Morgan fingerprint density at radius 1 is 1.35 bits per heavy atom. The first-order valence-electron chi connectivity index (χ1n) is 7.57. The summed E-state index contributed by atoms with van der Waals surface area (Å²) in [5.74, 6) is 0.617. The monoisotopic (exact) mass is 338 g/mol. The summed E-state index contributed by atoms with van der Waals surface area (Å²) in [5, 5.41) is 0. The molecule has 1 aromatic carbocycles. The van der Waals surface area contributed by atoms with Gasteiger partial charge in [-0.15, -0.1) is 0 Å². The predicted molar refractivity (Wildman–Crippen MR) is 89.6 cm³/mol. The van der Waals surface area contributed by atoms with Gasteiger partial charge < -0.3 is 10.6 Å². The van der Waals surface area contributed by atoms with Gasteiger partial charge in [-0.2, -0.15) is 0 Å². The summed E-state index contributed by atoms with van der Waals surface area (Å²) in [6.07, 6.45) is 3.84. The van der Waals surface area contributed by atoms with Crippen molar-refractivity contribution in [2.75, 3.05) is 13.6 Å². The molecule has 1 fully saturated rings. The van der Waals surface area contributed by atoms with Gasteiger partial charge in [0.15, 0.2) is 0 Å². The fourth-order valence-electron chi connectivity index (χ4n) is 3.39. The predicted octanol–water partition coefficient (Wildman–Crippen LogP) is 4.03. The van der Waals surface area contributed by atoms with E-state index in [0.29, 0.717) is 12.0 Å². The number of nitrogens with zero attached hydrogens (tertiary/aromatic N) is 1. The van der Waals surface area contributed by atoms with Crippen LogP contribution < -0.4 is 5.73 Å². The summed E-state index contributed by atoms with van der Waals surface area (Å²) in [7, 11) is 2.20. The summed E-state index contributed by atoms with van der Waals surface area (Å²) < 4.78 is 1.19. The molecule has 2 rings (SSSR count). The molecule has 0 aromatic heterocycles. The summed E-state index contributed by atoms with van der Waals surface area (Å²) in [4.78, 5) is 2.41. The number of hydrogen-bond donors (Lipinski definition) is 1. The Morgan fingerprint density at radius 3 is 2.75 bits per heavy atom. The molecule has 2 atom stereocenters. The van der Waals surface area contributed by atoms with Crippen molar-refractivity contribution >= 4 is 15.9 Å². The quantitative estimate of drug-likeness (QED) is 0.897. The van der Waals surface area contributed by atoms with Crippen LogP contribution in [0.15, 0.2) is 28.7 Å². The second kappa shape index (κ2) is 6.59. The lowest BCUT2D eigenvalue weighted by Gasteiger charge is -2.43. The topological polar surface area (TPSA) is 29.3 Å². The smallest absolute Gasteiger partial charge is 0.0242 e. The maximum Gasteiger partial charge on any atom is 0.0242 e. The van der Waals surface area contributed by atoms with Crippen LogP contribution >= 0.6 is 15.9 Å². The zero-order valence-corrected chi connectivity index (χ0v) is 14.5. The van der Waals surface area contributed by atoms with E-state index in [4.69, 9.17) is 5.73 Å². The Hall–Kier alpha value is -0.380. The van der Waals surface area contributed by atoms with Crippen molar-refractivity contribution in [3.05, 3.63) is 34.3 Å². The van der Waals surface area contributed by atoms with Crippen molar-refractivity contribution in [1.82, 2.24) is 4.90 Å². The molecule has 2 N–H and O–H groups in total. The van der Waals surface area contributed by atoms with Crippen LogP contribution in [0.25, 0.3) is 0 Å². The average molecular weight is 339 g/mol. The van der Waals surface area contributed by atoms with E-state index < -0.39 is 0 Å². The molecule has 0 radical (unpaired) electrons. The van der Waals surface area contributed by atoms with E-state index in [1.54, 1.807) is 0 Å². The van der Waals surface area contributed by atoms with Crippen LogP contribution in [-0.4, -0.2) is 24.5 Å². The zero-order valence-electron chi connectivity index (χ0n) is 12.9. The second-order valence-corrected chi connectivity index (χ2v) is 7.81. The molecule has 0 bridgehead atoms. The van der Waals surface area contributed by atoms with E-state index in [1.165, 1.54) is 29.3 Å². The van der Waals surface area contributed by atoms with Crippen LogP contribution in [0, 0.1) is 11.3 Å². The SMILES string of the molecule is CN(Cc1ccccc1Br)CC1CCCC(C)(C)C1N. The summed E-state index contributed by atoms with van der Waals surface area (Å²) in [5.41, 5.74) is 8.13. The molecular formula is C17H27BrN2. The van der Waals surface area contributed by atoms with Gasteiger partial charge in [-0.1, -0.05) is 54.4 Å². The molecule has 3 heteroatoms. The first-order chi connectivity index (χ1) is 9.40. The third-order valence-electron chi connectivity index (χ3n) is 4.75. The molecule has 0 heterocycles. The van der Waals surface area contributed by atoms with Crippen molar-refractivity contribution in [3.8, 4) is 0 Å². The van der Waals surface area contributed by atoms with E-state index in [-0.39, 0.29) is 5.41 Å². The standard InChI is InChI=1S/C17H27BrN2/c1-17(2)10-6-8-14(16(17)19)12-20(3)11-13-7-4-5-9-15(13)18/h4-5,7,9,14,16H,6,8,10-12,19H2,1-3H3. The largest absolute Gasteiger partial charge is 0.327 e. The van der Waals surface area contributed by atoms with Crippen LogP contribution in [0.3, 0.4) is 0 Å². The Labute approximate surface area is 131 Å². The van der Waals surface area contributed by atoms with E-state index in [1.807, 2.05) is 0 Å². The van der Waals surface area contributed by atoms with Gasteiger partial charge in [-0.05, 0) is 42.9 Å². The zero-order chi connectivity index (χ0) is 14.8. The van der Waals surface area contributed by atoms with Crippen LogP contribution in [0.2, 0.25) is 0 Å². The molecule has 0 saturated heterocycles. The Bertz CT molecular complexity index is 444. The van der Waals surface area contributed by atoms with Gasteiger partial charge in [0.2, 0.25) is 0 Å². The third kappa shape index (κ3) is 3.84. The minimum Gasteiger partial charge on any atom is -0.327 e. The Balaban J connectivity index is 1.94. The van der Waals surface area contributed by atoms with E-state index in [2.05, 4.69) is 66.0 Å². The Morgan fingerprint density at radius 2 is 2.05 bits per heavy atom. The van der Waals surface area contributed by atoms with Crippen LogP contribution in [0.5, 0.6) is 0 Å². The molecule has 2 nitrogen and oxygen atoms in total. The molecule has 1 aromatic rings. The third-order valence-corrected chi connectivity index (χ3v) is 5.52. The lowest BCUT2D eigenvalue weighted by Crippen LogP contribution is -2.49. The van der Waals surface area contributed by atoms with E-state index >= 15 is 0 Å². The molecule has 1 saturated carbocycles. The maximum atomic E-state index is 6.49. The molecule has 1 aliphatic rings. The van der Waals surface area contributed by atoms with Crippen LogP contribution in [0.4, 0.5) is 0 Å². The van der Waals surface area contributed by atoms with E-state index in [0.717, 1.165) is 13.1 Å². The van der Waals surface area contributed by atoms with Crippen molar-refractivity contribution in [2.24, 2.45) is 17.1 Å². The fraction of sp³-hybridized carbons (Fsp3) is 0.647. The van der Waals surface area contributed by atoms with Gasteiger partial charge in [-0.3, -0.25) is 0 Å². The van der Waals surface area contributed by atoms with Crippen molar-refractivity contribution in [1.29, 1.82) is 0 Å². The van der Waals surface area contributed by atoms with Gasteiger partial charge in [0.1, 0.15) is 0 Å². The number of benzene rings is 1. The van der Waals surface area contributed by atoms with Gasteiger partial charge in [0.05, 0.1) is 0 Å². The minimum absolute atomic E-state index is 0.289. The van der Waals surface area contributed by atoms with Crippen molar-refractivity contribution in [3.63, 3.8) is 0 Å². The normalized spacial score (nSPS) is 25.9. The number of hydrogen-bond acceptors (Lipinski definition) is 2. The van der Waals surface area contributed by atoms with Crippen molar-refractivity contribution in [2.45, 2.75) is 45.7 Å². The lowest BCUT2D eigenvalue weighted by molar-refractivity contribution is 0.109. The van der Waals surface area contributed by atoms with Crippen molar-refractivity contribution < 1.29 is 0 Å². The summed E-state index contributed by atoms with van der Waals surface area (Å²) >= 11 is 3.63. The average Bonchev–Trinajstić information content (AvgIpc) is 2.38. The van der Waals surface area contributed by atoms with Gasteiger partial charge >= 0.3 is 0 Å². The lowest BCUT2D eigenvalue weighted by atomic mass is 9.68. The molecule has 1 aliphatic carbocycles. The maximum absolute atomic E-state index is 6.49. The molecule has 0 spiro atoms. The highest BCUT2D eigenvalue weighted by Crippen LogP contribution is 2.38. The fourth-order valence-corrected chi connectivity index (χ4v) is 3.80. The highest BCUT2D eigenvalue weighted by atomic mass is 79.9. The van der Waals surface area contributed by atoms with Gasteiger partial charge in [0, 0.05) is 23.6 Å². The first kappa shape index (κ1) is 16.0. The highest BCUT2D eigenvalue weighted by molar-refractivity contribution is 9.10. The van der Waals surface area contributed by atoms with Gasteiger partial charge in [-0.25, -0.2) is 0 Å². The molecule has 112 valence electrons. The Kier molecular flexibility index (Phi) is 5.27. The van der Waals surface area contributed by atoms with Crippen LogP contribution in [-0.2, 0) is 6.54 Å². The molecule has 20 heavy (non-hydrogen) atoms. The number of rotatable bonds is 4. The highest BCUT2D eigenvalue weighted by Gasteiger charge is 2.36. The number of halogens is 1.